The highest BCUT2D eigenvalue weighted by molar-refractivity contribution is 5.83. The maximum absolute atomic E-state index is 13.9. The van der Waals surface area contributed by atoms with Crippen molar-refractivity contribution < 1.29 is 109 Å². The van der Waals surface area contributed by atoms with E-state index in [9.17, 15) is 88.6 Å². The fraction of sp³-hybridized carbons (Fsp3) is 0.600. The Labute approximate surface area is 200 Å². The molecule has 1 fully saturated rings. The van der Waals surface area contributed by atoms with Gasteiger partial charge in [0.25, 0.3) is 0 Å². The molecule has 1 aliphatic rings. The summed E-state index contributed by atoms with van der Waals surface area (Å²) >= 11 is 0. The summed E-state index contributed by atoms with van der Waals surface area (Å²) in [5.74, 6) is -63.1. The molecule has 6 nitrogen and oxygen atoms in total. The predicted molar refractivity (Wildman–Crippen MR) is 82.5 cm³/mol. The molecule has 0 amide bonds. The highest BCUT2D eigenvalue weighted by Crippen LogP contribution is 2.73. The van der Waals surface area contributed by atoms with Crippen LogP contribution < -0.4 is 0 Å². The molecular formula is C15H8F18O6. The normalized spacial score (nSPS) is 23.4. The first kappa shape index (κ1) is 38.2. The van der Waals surface area contributed by atoms with Gasteiger partial charge in [-0.05, 0) is 0 Å². The zero-order valence-electron chi connectivity index (χ0n) is 17.3. The van der Waals surface area contributed by atoms with E-state index in [2.05, 4.69) is 13.2 Å². The van der Waals surface area contributed by atoms with Crippen molar-refractivity contribution in [3.05, 3.63) is 24.8 Å². The van der Waals surface area contributed by atoms with Crippen LogP contribution in [0.5, 0.6) is 0 Å². The van der Waals surface area contributed by atoms with E-state index in [-0.39, 0.29) is 0 Å². The molecule has 1 unspecified atom stereocenters. The highest BCUT2D eigenvalue weighted by Gasteiger charge is 3.07. The van der Waals surface area contributed by atoms with Gasteiger partial charge in [-0.1, -0.05) is 13.2 Å². The van der Waals surface area contributed by atoms with Crippen molar-refractivity contribution in [1.82, 2.24) is 0 Å². The van der Waals surface area contributed by atoms with Gasteiger partial charge in [-0.3, -0.25) is 0 Å². The van der Waals surface area contributed by atoms with Crippen molar-refractivity contribution >= 4 is 11.9 Å². The molecule has 0 aromatic carbocycles. The lowest BCUT2D eigenvalue weighted by molar-refractivity contribution is -0.531. The summed E-state index contributed by atoms with van der Waals surface area (Å²) in [7, 11) is 0. The van der Waals surface area contributed by atoms with Crippen molar-refractivity contribution in [3.8, 4) is 0 Å². The molecule has 39 heavy (non-hydrogen) atoms. The molecule has 4 N–H and O–H groups in total. The van der Waals surface area contributed by atoms with Gasteiger partial charge in [0.15, 0.2) is 0 Å². The van der Waals surface area contributed by atoms with E-state index >= 15 is 0 Å². The van der Waals surface area contributed by atoms with Gasteiger partial charge in [0.05, 0.1) is 0 Å². The van der Waals surface area contributed by atoms with Gasteiger partial charge in [0.2, 0.25) is 11.7 Å². The Kier molecular flexibility index (Phi) is 10.0. The van der Waals surface area contributed by atoms with Gasteiger partial charge < -0.3 is 20.4 Å². The monoisotopic (exact) mass is 626 g/mol. The van der Waals surface area contributed by atoms with Gasteiger partial charge in [0.1, 0.15) is 0 Å². The van der Waals surface area contributed by atoms with E-state index in [0.29, 0.717) is 0 Å². The summed E-state index contributed by atoms with van der Waals surface area (Å²) < 4.78 is 231. The topological polar surface area (TPSA) is 115 Å². The second-order valence-electron chi connectivity index (χ2n) is 6.69. The minimum absolute atomic E-state index is 1.32. The first-order chi connectivity index (χ1) is 16.5. The molecule has 0 aromatic heterocycles. The third kappa shape index (κ3) is 5.18. The first-order valence-electron chi connectivity index (χ1n) is 8.16. The number of rotatable bonds is 5. The SMILES string of the molecule is C=C(F)C(=O)O.C=C(F)C(=O)O.OC(F)(F)C(O)(F)C(F)(F)C1(F)C(F)(F)C(F)(F)C(F)(F)C(F)(F)C1(F)F. The molecule has 1 saturated carbocycles. The molecule has 1 atom stereocenters. The highest BCUT2D eigenvalue weighted by atomic mass is 19.4. The fourth-order valence-corrected chi connectivity index (χ4v) is 2.03. The van der Waals surface area contributed by atoms with Crippen LogP contribution in [0.15, 0.2) is 24.8 Å². The quantitative estimate of drug-likeness (QED) is 0.256. The van der Waals surface area contributed by atoms with E-state index in [0.717, 1.165) is 0 Å². The molecule has 0 bridgehead atoms. The lowest BCUT2D eigenvalue weighted by Gasteiger charge is -2.55. The average Bonchev–Trinajstić information content (AvgIpc) is 2.71. The molecule has 0 heterocycles. The van der Waals surface area contributed by atoms with E-state index in [1.165, 1.54) is 0 Å². The van der Waals surface area contributed by atoms with Crippen molar-refractivity contribution in [1.29, 1.82) is 0 Å². The standard InChI is InChI=1S/C9H2F16O2.2C3H3FO2/c10-1(4(15,16)8(23,26)9(24,25)27)2(11,12)5(17,18)7(21,22)6(19,20)3(1,13)14;2*1-2(4)3(5)6/h26-27H;2*1H2,(H,5,6). The van der Waals surface area contributed by atoms with Crippen LogP contribution in [0.3, 0.4) is 0 Å². The summed E-state index contributed by atoms with van der Waals surface area (Å²) in [5, 5.41) is 30.7. The van der Waals surface area contributed by atoms with Gasteiger partial charge in [0, 0.05) is 0 Å². The Bertz CT molecular complexity index is 904. The van der Waals surface area contributed by atoms with Crippen molar-refractivity contribution in [2.75, 3.05) is 0 Å². The smallest absolute Gasteiger partial charge is 0.418 e. The molecule has 0 aromatic rings. The maximum Gasteiger partial charge on any atom is 0.418 e. The predicted octanol–water partition coefficient (Wildman–Crippen LogP) is 4.87. The van der Waals surface area contributed by atoms with Crippen LogP contribution in [-0.2, 0) is 9.59 Å². The number of alkyl halides is 16. The zero-order chi connectivity index (χ0) is 32.8. The molecule has 0 spiro atoms. The Morgan fingerprint density at radius 2 is 0.718 bits per heavy atom. The van der Waals surface area contributed by atoms with E-state index in [4.69, 9.17) is 20.4 Å². The van der Waals surface area contributed by atoms with Gasteiger partial charge in [-0.2, -0.15) is 74.6 Å². The molecule has 0 radical (unpaired) electrons. The van der Waals surface area contributed by atoms with Crippen LogP contribution in [0, 0.1) is 0 Å². The number of hydrogen-bond donors (Lipinski definition) is 4. The summed E-state index contributed by atoms with van der Waals surface area (Å²) in [5.41, 5.74) is -8.61. The number of aliphatic hydroxyl groups is 2. The van der Waals surface area contributed by atoms with Crippen molar-refractivity contribution in [2.45, 2.75) is 53.2 Å². The van der Waals surface area contributed by atoms with Crippen molar-refractivity contribution in [3.63, 3.8) is 0 Å². The number of carboxylic acids is 2. The van der Waals surface area contributed by atoms with Crippen LogP contribution in [0.4, 0.5) is 79.0 Å². The van der Waals surface area contributed by atoms with Crippen LogP contribution >= 0.6 is 0 Å². The van der Waals surface area contributed by atoms with Crippen LogP contribution in [0.1, 0.15) is 0 Å². The fourth-order valence-electron chi connectivity index (χ4n) is 2.03. The lowest BCUT2D eigenvalue weighted by atomic mass is 9.67. The Morgan fingerprint density at radius 3 is 0.872 bits per heavy atom. The summed E-state index contributed by atoms with van der Waals surface area (Å²) in [4.78, 5) is 18.4. The Balaban J connectivity index is 0. The Hall–Kier alpha value is -2.92. The number of carbonyl (C=O) groups is 2. The molecular weight excluding hydrogens is 618 g/mol. The van der Waals surface area contributed by atoms with E-state index < -0.39 is 76.8 Å². The maximum atomic E-state index is 13.9. The molecule has 0 saturated heterocycles. The van der Waals surface area contributed by atoms with Crippen LogP contribution in [0.2, 0.25) is 0 Å². The molecule has 230 valence electrons. The summed E-state index contributed by atoms with van der Waals surface area (Å²) in [6, 6.07) is 0. The first-order valence-corrected chi connectivity index (χ1v) is 8.16. The van der Waals surface area contributed by atoms with Gasteiger partial charge in [-0.25, -0.2) is 14.0 Å². The summed E-state index contributed by atoms with van der Waals surface area (Å²) in [6.07, 6.45) is -7.22. The second-order valence-corrected chi connectivity index (χ2v) is 6.69. The number of aliphatic carboxylic acids is 2. The second kappa shape index (κ2) is 10.2. The molecule has 0 aliphatic heterocycles. The van der Waals surface area contributed by atoms with E-state index in [1.807, 2.05) is 0 Å². The number of hydrogen-bond acceptors (Lipinski definition) is 4. The molecule has 1 rings (SSSR count). The third-order valence-electron chi connectivity index (χ3n) is 4.15. The largest absolute Gasteiger partial charge is 0.476 e. The van der Waals surface area contributed by atoms with E-state index in [1.54, 1.807) is 0 Å². The molecule has 24 heteroatoms. The zero-order valence-corrected chi connectivity index (χ0v) is 17.3. The van der Waals surface area contributed by atoms with Crippen LogP contribution in [0.25, 0.3) is 0 Å². The minimum Gasteiger partial charge on any atom is -0.476 e. The van der Waals surface area contributed by atoms with Gasteiger partial charge >= 0.3 is 65.1 Å². The third-order valence-corrected chi connectivity index (χ3v) is 4.15. The summed E-state index contributed by atoms with van der Waals surface area (Å²) in [6.45, 7) is 4.98. The lowest BCUT2D eigenvalue weighted by Crippen LogP contribution is -2.89. The van der Waals surface area contributed by atoms with Crippen LogP contribution in [-0.4, -0.2) is 85.5 Å². The average molecular weight is 626 g/mol. The van der Waals surface area contributed by atoms with Gasteiger partial charge in [-0.15, -0.1) is 0 Å². The Morgan fingerprint density at radius 1 is 0.538 bits per heavy atom. The number of halogens is 18. The molecule has 1 aliphatic carbocycles. The van der Waals surface area contributed by atoms with Crippen molar-refractivity contribution in [2.24, 2.45) is 0 Å². The number of carboxylic acid groups (broad SMARTS) is 2. The minimum atomic E-state index is -8.61.